The molecule has 0 aliphatic carbocycles. The SMILES string of the molecule is CSc1ccc(Cl)c(C(=O)N2CCC(C)C(O)C2)c1. The normalized spacial score (nSPS) is 23.5. The molecule has 0 radical (unpaired) electrons. The van der Waals surface area contributed by atoms with E-state index in [-0.39, 0.29) is 11.8 Å². The number of halogens is 1. The van der Waals surface area contributed by atoms with Gasteiger partial charge in [-0.2, -0.15) is 0 Å². The van der Waals surface area contributed by atoms with Crippen LogP contribution >= 0.6 is 23.4 Å². The second-order valence-electron chi connectivity index (χ2n) is 4.93. The molecule has 1 N–H and O–H groups in total. The Morgan fingerprint density at radius 2 is 2.26 bits per heavy atom. The van der Waals surface area contributed by atoms with Crippen molar-refractivity contribution < 1.29 is 9.90 Å². The van der Waals surface area contributed by atoms with Gasteiger partial charge in [-0.05, 0) is 36.8 Å². The molecule has 3 nitrogen and oxygen atoms in total. The average molecular weight is 300 g/mol. The first-order chi connectivity index (χ1) is 9.02. The van der Waals surface area contributed by atoms with E-state index in [0.717, 1.165) is 11.3 Å². The largest absolute Gasteiger partial charge is 0.391 e. The lowest BCUT2D eigenvalue weighted by molar-refractivity contribution is 0.0248. The fourth-order valence-corrected chi connectivity index (χ4v) is 2.84. The summed E-state index contributed by atoms with van der Waals surface area (Å²) in [7, 11) is 0. The number of aliphatic hydroxyl groups excluding tert-OH is 1. The molecule has 2 rings (SSSR count). The Morgan fingerprint density at radius 1 is 1.53 bits per heavy atom. The molecule has 5 heteroatoms. The molecule has 0 aromatic heterocycles. The van der Waals surface area contributed by atoms with Gasteiger partial charge >= 0.3 is 0 Å². The van der Waals surface area contributed by atoms with Crippen LogP contribution in [-0.2, 0) is 0 Å². The standard InChI is InChI=1S/C14H18ClNO2S/c1-9-5-6-16(8-13(9)17)14(18)11-7-10(19-2)3-4-12(11)15/h3-4,7,9,13,17H,5-6,8H2,1-2H3. The van der Waals surface area contributed by atoms with Gasteiger partial charge in [-0.15, -0.1) is 11.8 Å². The van der Waals surface area contributed by atoms with Crippen LogP contribution in [0.5, 0.6) is 0 Å². The van der Waals surface area contributed by atoms with E-state index >= 15 is 0 Å². The Bertz CT molecular complexity index is 481. The third kappa shape index (κ3) is 3.25. The van der Waals surface area contributed by atoms with E-state index in [9.17, 15) is 9.90 Å². The summed E-state index contributed by atoms with van der Waals surface area (Å²) in [6, 6.07) is 5.47. The molecule has 2 unspecified atom stereocenters. The second-order valence-corrected chi connectivity index (χ2v) is 6.22. The predicted octanol–water partition coefficient (Wildman–Crippen LogP) is 2.90. The minimum Gasteiger partial charge on any atom is -0.391 e. The maximum atomic E-state index is 12.5. The van der Waals surface area contributed by atoms with Gasteiger partial charge in [0.05, 0.1) is 16.7 Å². The maximum Gasteiger partial charge on any atom is 0.255 e. The number of carbonyl (C=O) groups is 1. The molecular formula is C14H18ClNO2S. The van der Waals surface area contributed by atoms with Crippen molar-refractivity contribution in [3.05, 3.63) is 28.8 Å². The number of nitrogens with zero attached hydrogens (tertiary/aromatic N) is 1. The number of piperidine rings is 1. The highest BCUT2D eigenvalue weighted by atomic mass is 35.5. The van der Waals surface area contributed by atoms with Gasteiger partial charge in [0.25, 0.3) is 5.91 Å². The van der Waals surface area contributed by atoms with Crippen LogP contribution in [0.1, 0.15) is 23.7 Å². The number of rotatable bonds is 2. The number of aliphatic hydroxyl groups is 1. The number of thioether (sulfide) groups is 1. The molecule has 104 valence electrons. The second kappa shape index (κ2) is 6.16. The third-order valence-electron chi connectivity index (χ3n) is 3.61. The van der Waals surface area contributed by atoms with Crippen molar-refractivity contribution in [3.63, 3.8) is 0 Å². The van der Waals surface area contributed by atoms with Gasteiger partial charge in [0, 0.05) is 18.0 Å². The Hall–Kier alpha value is -0.710. The minimum atomic E-state index is -0.444. The number of amides is 1. The van der Waals surface area contributed by atoms with E-state index in [1.165, 1.54) is 0 Å². The molecule has 1 aromatic carbocycles. The van der Waals surface area contributed by atoms with Crippen molar-refractivity contribution in [3.8, 4) is 0 Å². The molecule has 0 bridgehead atoms. The molecule has 1 saturated heterocycles. The van der Waals surface area contributed by atoms with Gasteiger partial charge in [0.2, 0.25) is 0 Å². The van der Waals surface area contributed by atoms with Crippen LogP contribution < -0.4 is 0 Å². The van der Waals surface area contributed by atoms with Gasteiger partial charge in [0.1, 0.15) is 0 Å². The molecule has 1 fully saturated rings. The van der Waals surface area contributed by atoms with Gasteiger partial charge in [0.15, 0.2) is 0 Å². The van der Waals surface area contributed by atoms with E-state index in [4.69, 9.17) is 11.6 Å². The average Bonchev–Trinajstić information content (AvgIpc) is 2.41. The first-order valence-corrected chi connectivity index (χ1v) is 7.94. The van der Waals surface area contributed by atoms with Crippen LogP contribution in [0.15, 0.2) is 23.1 Å². The van der Waals surface area contributed by atoms with E-state index in [2.05, 4.69) is 0 Å². The number of carbonyl (C=O) groups excluding carboxylic acids is 1. The zero-order chi connectivity index (χ0) is 14.0. The minimum absolute atomic E-state index is 0.0909. The van der Waals surface area contributed by atoms with Crippen molar-refractivity contribution in [1.29, 1.82) is 0 Å². The zero-order valence-corrected chi connectivity index (χ0v) is 12.7. The summed E-state index contributed by atoms with van der Waals surface area (Å²) in [6.45, 7) is 3.07. The van der Waals surface area contributed by atoms with Crippen LogP contribution in [0, 0.1) is 5.92 Å². The Balaban J connectivity index is 2.20. The molecule has 0 spiro atoms. The van der Waals surface area contributed by atoms with E-state index in [0.29, 0.717) is 23.7 Å². The lowest BCUT2D eigenvalue weighted by Crippen LogP contribution is -2.45. The topological polar surface area (TPSA) is 40.5 Å². The van der Waals surface area contributed by atoms with Crippen LogP contribution in [0.25, 0.3) is 0 Å². The fourth-order valence-electron chi connectivity index (χ4n) is 2.20. The van der Waals surface area contributed by atoms with Crippen LogP contribution in [0.4, 0.5) is 0 Å². The smallest absolute Gasteiger partial charge is 0.255 e. The van der Waals surface area contributed by atoms with Gasteiger partial charge in [-0.1, -0.05) is 18.5 Å². The van der Waals surface area contributed by atoms with E-state index in [1.54, 1.807) is 22.7 Å². The van der Waals surface area contributed by atoms with Gasteiger partial charge in [-0.3, -0.25) is 4.79 Å². The van der Waals surface area contributed by atoms with Crippen molar-refractivity contribution in [2.75, 3.05) is 19.3 Å². The first kappa shape index (κ1) is 14.7. The number of likely N-dealkylation sites (tertiary alicyclic amines) is 1. The van der Waals surface area contributed by atoms with Crippen LogP contribution in [0.3, 0.4) is 0 Å². The predicted molar refractivity (Wildman–Crippen MR) is 78.9 cm³/mol. The summed E-state index contributed by atoms with van der Waals surface area (Å²) in [5.74, 6) is 0.156. The lowest BCUT2D eigenvalue weighted by Gasteiger charge is -2.34. The zero-order valence-electron chi connectivity index (χ0n) is 11.1. The molecule has 19 heavy (non-hydrogen) atoms. The monoisotopic (exact) mass is 299 g/mol. The lowest BCUT2D eigenvalue weighted by atomic mass is 9.95. The summed E-state index contributed by atoms with van der Waals surface area (Å²) in [4.78, 5) is 15.2. The summed E-state index contributed by atoms with van der Waals surface area (Å²) in [5, 5.41) is 10.4. The van der Waals surface area contributed by atoms with Crippen molar-refractivity contribution >= 4 is 29.3 Å². The number of β-amino-alcohol motifs (C(OH)–C–C–N with tert-alkyl or cyclic N) is 1. The van der Waals surface area contributed by atoms with Crippen molar-refractivity contribution in [2.24, 2.45) is 5.92 Å². The molecule has 1 aliphatic heterocycles. The quantitative estimate of drug-likeness (QED) is 0.854. The van der Waals surface area contributed by atoms with E-state index in [1.807, 2.05) is 25.3 Å². The molecule has 0 saturated carbocycles. The molecule has 1 amide bonds. The van der Waals surface area contributed by atoms with Crippen LogP contribution in [-0.4, -0.2) is 41.4 Å². The Morgan fingerprint density at radius 3 is 2.89 bits per heavy atom. The highest BCUT2D eigenvalue weighted by molar-refractivity contribution is 7.98. The molecule has 1 aliphatic rings. The Kier molecular flexibility index (Phi) is 4.76. The first-order valence-electron chi connectivity index (χ1n) is 6.33. The highest BCUT2D eigenvalue weighted by Crippen LogP contribution is 2.26. The van der Waals surface area contributed by atoms with Gasteiger partial charge in [-0.25, -0.2) is 0 Å². The highest BCUT2D eigenvalue weighted by Gasteiger charge is 2.28. The molecular weight excluding hydrogens is 282 g/mol. The van der Waals surface area contributed by atoms with Crippen molar-refractivity contribution in [2.45, 2.75) is 24.3 Å². The summed E-state index contributed by atoms with van der Waals surface area (Å²) in [5.41, 5.74) is 0.523. The third-order valence-corrected chi connectivity index (χ3v) is 4.66. The number of benzene rings is 1. The Labute approximate surface area is 122 Å². The van der Waals surface area contributed by atoms with Crippen LogP contribution in [0.2, 0.25) is 5.02 Å². The summed E-state index contributed by atoms with van der Waals surface area (Å²) < 4.78 is 0. The van der Waals surface area contributed by atoms with Gasteiger partial charge < -0.3 is 10.0 Å². The summed E-state index contributed by atoms with van der Waals surface area (Å²) >= 11 is 7.69. The summed E-state index contributed by atoms with van der Waals surface area (Å²) in [6.07, 6.45) is 2.34. The maximum absolute atomic E-state index is 12.5. The molecule has 1 aromatic rings. The number of hydrogen-bond acceptors (Lipinski definition) is 3. The van der Waals surface area contributed by atoms with E-state index < -0.39 is 6.10 Å². The molecule has 1 heterocycles. The fraction of sp³-hybridized carbons (Fsp3) is 0.500. The molecule has 2 atom stereocenters. The van der Waals surface area contributed by atoms with Crippen molar-refractivity contribution in [1.82, 2.24) is 4.90 Å². The number of hydrogen-bond donors (Lipinski definition) is 1.